The van der Waals surface area contributed by atoms with E-state index in [1.54, 1.807) is 11.3 Å². The number of carbonyl (C=O) groups is 1. The third kappa shape index (κ3) is 6.38. The van der Waals surface area contributed by atoms with E-state index in [1.807, 2.05) is 24.3 Å². The van der Waals surface area contributed by atoms with Gasteiger partial charge in [0.25, 0.3) is 0 Å². The van der Waals surface area contributed by atoms with Gasteiger partial charge in [-0.05, 0) is 30.5 Å². The van der Waals surface area contributed by atoms with Gasteiger partial charge in [-0.15, -0.1) is 36.2 Å². The molecule has 3 rings (SSSR count). The van der Waals surface area contributed by atoms with Crippen molar-refractivity contribution in [1.82, 2.24) is 10.3 Å². The summed E-state index contributed by atoms with van der Waals surface area (Å²) in [5, 5.41) is 6.17. The summed E-state index contributed by atoms with van der Waals surface area (Å²) < 4.78 is 0. The highest BCUT2D eigenvalue weighted by atomic mass is 35.5. The first-order chi connectivity index (χ1) is 11.2. The monoisotopic (exact) mass is 402 g/mol. The first-order valence-corrected chi connectivity index (χ1v) is 8.89. The highest BCUT2D eigenvalue weighted by Gasteiger charge is 2.15. The van der Waals surface area contributed by atoms with Gasteiger partial charge in [0.15, 0.2) is 5.13 Å². The molecule has 2 heterocycles. The number of thiazole rings is 1. The number of nitrogens with zero attached hydrogens (tertiary/aromatic N) is 2. The number of hydrogen-bond donors (Lipinski definition) is 2. The average molecular weight is 403 g/mol. The Morgan fingerprint density at radius 2 is 1.88 bits per heavy atom. The number of nitrogens with one attached hydrogen (secondary N) is 1. The Morgan fingerprint density at radius 1 is 1.20 bits per heavy atom. The van der Waals surface area contributed by atoms with Gasteiger partial charge in [0.2, 0.25) is 5.91 Å². The predicted octanol–water partition coefficient (Wildman–Crippen LogP) is 3.07. The molecule has 2 aromatic rings. The number of hydrogen-bond acceptors (Lipinski definition) is 5. The molecule has 1 saturated heterocycles. The van der Waals surface area contributed by atoms with E-state index in [1.165, 1.54) is 12.8 Å². The Bertz CT molecular complexity index is 657. The lowest BCUT2D eigenvalue weighted by Gasteiger charge is -2.12. The molecule has 1 fully saturated rings. The van der Waals surface area contributed by atoms with Crippen molar-refractivity contribution in [2.45, 2.75) is 25.7 Å². The minimum absolute atomic E-state index is 0. The summed E-state index contributed by atoms with van der Waals surface area (Å²) in [5.74, 6) is 0.0322. The van der Waals surface area contributed by atoms with Gasteiger partial charge >= 0.3 is 0 Å². The van der Waals surface area contributed by atoms with E-state index in [-0.39, 0.29) is 30.7 Å². The number of anilines is 2. The van der Waals surface area contributed by atoms with Crippen LogP contribution in [0.2, 0.25) is 0 Å². The molecule has 0 atom stereocenters. The Kier molecular flexibility index (Phi) is 9.03. The van der Waals surface area contributed by atoms with Crippen LogP contribution >= 0.6 is 36.2 Å². The second kappa shape index (κ2) is 10.5. The lowest BCUT2D eigenvalue weighted by atomic mass is 10.1. The molecule has 1 aromatic heterocycles. The number of amides is 1. The van der Waals surface area contributed by atoms with Crippen LogP contribution < -0.4 is 16.0 Å². The number of nitrogens with two attached hydrogens (primary N) is 1. The van der Waals surface area contributed by atoms with Crippen molar-refractivity contribution < 1.29 is 4.79 Å². The second-order valence-corrected chi connectivity index (χ2v) is 6.67. The molecule has 5 nitrogen and oxygen atoms in total. The lowest BCUT2D eigenvalue weighted by Crippen LogP contribution is -2.27. The number of aromatic nitrogens is 1. The number of carbonyl (C=O) groups excluding carboxylic acids is 1. The fourth-order valence-electron chi connectivity index (χ4n) is 2.68. The van der Waals surface area contributed by atoms with Gasteiger partial charge in [-0.2, -0.15) is 0 Å². The SMILES string of the molecule is Cl.Cl.Nc1ccc(CC(=O)NCCc2csc(N3CCCC3)n2)cc1. The van der Waals surface area contributed by atoms with Crippen LogP contribution in [0.25, 0.3) is 0 Å². The summed E-state index contributed by atoms with van der Waals surface area (Å²) >= 11 is 1.70. The molecule has 1 aliphatic rings. The van der Waals surface area contributed by atoms with Gasteiger partial charge < -0.3 is 16.0 Å². The maximum absolute atomic E-state index is 11.9. The number of benzene rings is 1. The molecule has 138 valence electrons. The second-order valence-electron chi connectivity index (χ2n) is 5.83. The minimum atomic E-state index is 0. The van der Waals surface area contributed by atoms with Crippen molar-refractivity contribution in [3.63, 3.8) is 0 Å². The maximum Gasteiger partial charge on any atom is 0.224 e. The Balaban J connectivity index is 0.00000156. The summed E-state index contributed by atoms with van der Waals surface area (Å²) in [7, 11) is 0. The summed E-state index contributed by atoms with van der Waals surface area (Å²) in [6, 6.07) is 7.41. The smallest absolute Gasteiger partial charge is 0.224 e. The van der Waals surface area contributed by atoms with E-state index in [9.17, 15) is 4.79 Å². The van der Waals surface area contributed by atoms with E-state index >= 15 is 0 Å². The molecule has 0 bridgehead atoms. The standard InChI is InChI=1S/C17H22N4OS.2ClH/c18-14-5-3-13(4-6-14)11-16(22)19-8-7-15-12-23-17(20-15)21-9-1-2-10-21;;/h3-6,12H,1-2,7-11,18H2,(H,19,22);2*1H. The van der Waals surface area contributed by atoms with Crippen LogP contribution in [0.3, 0.4) is 0 Å². The van der Waals surface area contributed by atoms with E-state index in [0.29, 0.717) is 18.7 Å². The van der Waals surface area contributed by atoms with Crippen molar-refractivity contribution >= 4 is 52.9 Å². The van der Waals surface area contributed by atoms with Gasteiger partial charge in [-0.3, -0.25) is 4.79 Å². The number of halogens is 2. The van der Waals surface area contributed by atoms with Crippen molar-refractivity contribution in [3.05, 3.63) is 40.9 Å². The first kappa shape index (κ1) is 21.5. The third-order valence-corrected chi connectivity index (χ3v) is 4.91. The van der Waals surface area contributed by atoms with Crippen molar-refractivity contribution in [3.8, 4) is 0 Å². The molecule has 0 aliphatic carbocycles. The van der Waals surface area contributed by atoms with Crippen molar-refractivity contribution in [2.75, 3.05) is 30.3 Å². The Hall–Kier alpha value is -1.50. The molecule has 1 amide bonds. The lowest BCUT2D eigenvalue weighted by molar-refractivity contribution is -0.120. The van der Waals surface area contributed by atoms with Crippen LogP contribution in [0.1, 0.15) is 24.1 Å². The predicted molar refractivity (Wildman–Crippen MR) is 109 cm³/mol. The molecular weight excluding hydrogens is 379 g/mol. The van der Waals surface area contributed by atoms with Crippen molar-refractivity contribution in [1.29, 1.82) is 0 Å². The zero-order valence-corrected chi connectivity index (χ0v) is 16.4. The summed E-state index contributed by atoms with van der Waals surface area (Å²) in [6.07, 6.45) is 3.68. The van der Waals surface area contributed by atoms with Crippen LogP contribution in [0, 0.1) is 0 Å². The molecule has 1 aliphatic heterocycles. The van der Waals surface area contributed by atoms with Crippen LogP contribution in [0.5, 0.6) is 0 Å². The molecule has 0 saturated carbocycles. The quantitative estimate of drug-likeness (QED) is 0.728. The molecule has 0 unspecified atom stereocenters. The largest absolute Gasteiger partial charge is 0.399 e. The molecule has 0 spiro atoms. The van der Waals surface area contributed by atoms with Crippen LogP contribution in [0.15, 0.2) is 29.6 Å². The first-order valence-electron chi connectivity index (χ1n) is 8.01. The fourth-order valence-corrected chi connectivity index (χ4v) is 3.59. The van der Waals surface area contributed by atoms with E-state index in [4.69, 9.17) is 5.73 Å². The van der Waals surface area contributed by atoms with E-state index in [2.05, 4.69) is 20.6 Å². The van der Waals surface area contributed by atoms with Gasteiger partial charge in [-0.1, -0.05) is 12.1 Å². The highest BCUT2D eigenvalue weighted by molar-refractivity contribution is 7.13. The van der Waals surface area contributed by atoms with Crippen molar-refractivity contribution in [2.24, 2.45) is 0 Å². The number of rotatable bonds is 6. The molecule has 1 aromatic carbocycles. The third-order valence-electron chi connectivity index (χ3n) is 3.96. The molecule has 8 heteroatoms. The van der Waals surface area contributed by atoms with Gasteiger partial charge in [-0.25, -0.2) is 4.98 Å². The molecular formula is C17H24Cl2N4OS. The normalized spacial score (nSPS) is 13.0. The summed E-state index contributed by atoms with van der Waals surface area (Å²) in [4.78, 5) is 18.9. The highest BCUT2D eigenvalue weighted by Crippen LogP contribution is 2.24. The molecule has 25 heavy (non-hydrogen) atoms. The van der Waals surface area contributed by atoms with Gasteiger partial charge in [0.05, 0.1) is 12.1 Å². The van der Waals surface area contributed by atoms with Gasteiger partial charge in [0.1, 0.15) is 0 Å². The Morgan fingerprint density at radius 3 is 2.56 bits per heavy atom. The zero-order chi connectivity index (χ0) is 16.1. The van der Waals surface area contributed by atoms with Crippen LogP contribution in [0.4, 0.5) is 10.8 Å². The summed E-state index contributed by atoms with van der Waals surface area (Å²) in [5.41, 5.74) is 8.39. The minimum Gasteiger partial charge on any atom is -0.399 e. The topological polar surface area (TPSA) is 71.2 Å². The maximum atomic E-state index is 11.9. The molecule has 0 radical (unpaired) electrons. The van der Waals surface area contributed by atoms with E-state index in [0.717, 1.165) is 35.9 Å². The Labute approximate surface area is 164 Å². The van der Waals surface area contributed by atoms with E-state index < -0.39 is 0 Å². The summed E-state index contributed by atoms with van der Waals surface area (Å²) in [6.45, 7) is 2.85. The number of nitrogen functional groups attached to an aromatic ring is 1. The fraction of sp³-hybridized carbons (Fsp3) is 0.412. The van der Waals surface area contributed by atoms with Gasteiger partial charge in [0, 0.05) is 37.1 Å². The average Bonchev–Trinajstić information content (AvgIpc) is 3.20. The zero-order valence-electron chi connectivity index (χ0n) is 13.9. The molecule has 3 N–H and O–H groups in total. The van der Waals surface area contributed by atoms with Crippen LogP contribution in [-0.4, -0.2) is 30.5 Å². The van der Waals surface area contributed by atoms with Crippen LogP contribution in [-0.2, 0) is 17.6 Å².